The summed E-state index contributed by atoms with van der Waals surface area (Å²) >= 11 is 0. The van der Waals surface area contributed by atoms with Gasteiger partial charge in [0.15, 0.2) is 0 Å². The second kappa shape index (κ2) is 7.47. The van der Waals surface area contributed by atoms with Gasteiger partial charge in [-0.2, -0.15) is 0 Å². The van der Waals surface area contributed by atoms with Crippen LogP contribution in [0.25, 0.3) is 0 Å². The van der Waals surface area contributed by atoms with E-state index in [2.05, 4.69) is 58.7 Å². The molecule has 3 nitrogen and oxygen atoms in total. The van der Waals surface area contributed by atoms with Crippen molar-refractivity contribution in [3.63, 3.8) is 0 Å². The molecule has 3 heteroatoms. The summed E-state index contributed by atoms with van der Waals surface area (Å²) in [6.07, 6.45) is 2.92. The molecule has 0 spiro atoms. The van der Waals surface area contributed by atoms with E-state index < -0.39 is 0 Å². The maximum atomic E-state index is 5.26. The molecule has 24 heavy (non-hydrogen) atoms. The van der Waals surface area contributed by atoms with E-state index in [0.29, 0.717) is 6.10 Å². The normalized spacial score (nSPS) is 21.9. The fraction of sp³-hybridized carbons (Fsp3) is 0.429. The molecule has 1 atom stereocenters. The Morgan fingerprint density at radius 1 is 0.917 bits per heavy atom. The van der Waals surface area contributed by atoms with Gasteiger partial charge >= 0.3 is 0 Å². The van der Waals surface area contributed by atoms with Gasteiger partial charge in [0.1, 0.15) is 0 Å². The van der Waals surface area contributed by atoms with Crippen molar-refractivity contribution in [2.75, 3.05) is 26.2 Å². The van der Waals surface area contributed by atoms with Crippen LogP contribution in [0.4, 0.5) is 0 Å². The molecular formula is C21H26N2O. The van der Waals surface area contributed by atoms with Crippen LogP contribution >= 0.6 is 0 Å². The molecule has 2 aromatic carbocycles. The van der Waals surface area contributed by atoms with Gasteiger partial charge in [-0.05, 0) is 41.6 Å². The van der Waals surface area contributed by atoms with Crippen LogP contribution in [-0.4, -0.2) is 37.2 Å². The number of nitrogens with zero attached hydrogens (tertiary/aromatic N) is 1. The lowest BCUT2D eigenvalue weighted by Crippen LogP contribution is -2.33. The van der Waals surface area contributed by atoms with Crippen LogP contribution in [-0.2, 0) is 30.7 Å². The molecule has 0 unspecified atom stereocenters. The minimum absolute atomic E-state index is 0.528. The molecule has 0 saturated carbocycles. The first kappa shape index (κ1) is 15.8. The topological polar surface area (TPSA) is 27.8 Å². The first-order chi connectivity index (χ1) is 11.9. The average molecular weight is 322 g/mol. The summed E-state index contributed by atoms with van der Waals surface area (Å²) in [7, 11) is 0. The van der Waals surface area contributed by atoms with Gasteiger partial charge in [-0.1, -0.05) is 48.5 Å². The number of fused-ring (bicyclic) bond motifs is 2. The molecule has 5 rings (SSSR count). The molecule has 3 aliphatic heterocycles. The Balaban J connectivity index is 0.000000129. The number of benzene rings is 2. The van der Waals surface area contributed by atoms with Crippen molar-refractivity contribution >= 4 is 0 Å². The molecular weight excluding hydrogens is 296 g/mol. The highest BCUT2D eigenvalue weighted by Gasteiger charge is 2.27. The van der Waals surface area contributed by atoms with Crippen molar-refractivity contribution in [3.05, 3.63) is 70.8 Å². The third kappa shape index (κ3) is 4.04. The lowest BCUT2D eigenvalue weighted by atomic mass is 10.00. The van der Waals surface area contributed by atoms with Crippen molar-refractivity contribution in [1.29, 1.82) is 0 Å². The molecule has 0 aromatic heterocycles. The Morgan fingerprint density at radius 2 is 1.58 bits per heavy atom. The van der Waals surface area contributed by atoms with Crippen LogP contribution in [0.5, 0.6) is 0 Å². The molecule has 2 aromatic rings. The van der Waals surface area contributed by atoms with Gasteiger partial charge < -0.3 is 10.1 Å². The summed E-state index contributed by atoms with van der Waals surface area (Å²) in [5, 5.41) is 3.34. The van der Waals surface area contributed by atoms with Crippen LogP contribution in [0, 0.1) is 0 Å². The molecule has 0 amide bonds. The third-order valence-electron chi connectivity index (χ3n) is 5.08. The SMILES string of the molecule is c1ccc2c(c1)CCN(C[C@@H]1CO1)C2.c1ccc2c(c1)CCNC2. The van der Waals surface area contributed by atoms with E-state index >= 15 is 0 Å². The summed E-state index contributed by atoms with van der Waals surface area (Å²) < 4.78 is 5.26. The van der Waals surface area contributed by atoms with Gasteiger partial charge in [0, 0.05) is 26.2 Å². The number of hydrogen-bond acceptors (Lipinski definition) is 3. The molecule has 0 bridgehead atoms. The largest absolute Gasteiger partial charge is 0.372 e. The molecule has 126 valence electrons. The van der Waals surface area contributed by atoms with Crippen molar-refractivity contribution in [1.82, 2.24) is 10.2 Å². The van der Waals surface area contributed by atoms with E-state index in [4.69, 9.17) is 4.74 Å². The molecule has 1 fully saturated rings. The van der Waals surface area contributed by atoms with E-state index in [0.717, 1.165) is 32.8 Å². The molecule has 0 aliphatic carbocycles. The van der Waals surface area contributed by atoms with Crippen molar-refractivity contribution in [2.45, 2.75) is 32.0 Å². The second-order valence-electron chi connectivity index (χ2n) is 6.90. The van der Waals surface area contributed by atoms with E-state index in [-0.39, 0.29) is 0 Å². The Morgan fingerprint density at radius 3 is 2.29 bits per heavy atom. The number of ether oxygens (including phenoxy) is 1. The lowest BCUT2D eigenvalue weighted by molar-refractivity contribution is 0.226. The molecule has 3 aliphatic rings. The summed E-state index contributed by atoms with van der Waals surface area (Å²) in [6, 6.07) is 17.4. The minimum atomic E-state index is 0.528. The van der Waals surface area contributed by atoms with Crippen molar-refractivity contribution in [3.8, 4) is 0 Å². The first-order valence-corrected chi connectivity index (χ1v) is 9.07. The summed E-state index contributed by atoms with van der Waals surface area (Å²) in [5.74, 6) is 0. The zero-order valence-corrected chi connectivity index (χ0v) is 14.2. The fourth-order valence-electron chi connectivity index (χ4n) is 3.59. The van der Waals surface area contributed by atoms with Crippen molar-refractivity contribution < 1.29 is 4.74 Å². The van der Waals surface area contributed by atoms with Gasteiger partial charge in [0.25, 0.3) is 0 Å². The highest BCUT2D eigenvalue weighted by Crippen LogP contribution is 2.20. The van der Waals surface area contributed by atoms with E-state index in [9.17, 15) is 0 Å². The number of hydrogen-bond donors (Lipinski definition) is 1. The Labute approximate surface area is 144 Å². The minimum Gasteiger partial charge on any atom is -0.372 e. The van der Waals surface area contributed by atoms with Crippen LogP contribution in [0.3, 0.4) is 0 Å². The quantitative estimate of drug-likeness (QED) is 0.862. The lowest BCUT2D eigenvalue weighted by Gasteiger charge is -2.27. The Bertz CT molecular complexity index is 656. The zero-order valence-electron chi connectivity index (χ0n) is 14.2. The fourth-order valence-corrected chi connectivity index (χ4v) is 3.59. The van der Waals surface area contributed by atoms with Gasteiger partial charge in [0.05, 0.1) is 12.7 Å². The predicted molar refractivity (Wildman–Crippen MR) is 97.0 cm³/mol. The highest BCUT2D eigenvalue weighted by molar-refractivity contribution is 5.29. The third-order valence-corrected chi connectivity index (χ3v) is 5.08. The number of nitrogens with one attached hydrogen (secondary N) is 1. The maximum absolute atomic E-state index is 5.26. The Kier molecular flexibility index (Phi) is 4.93. The van der Waals surface area contributed by atoms with Crippen molar-refractivity contribution in [2.24, 2.45) is 0 Å². The standard InChI is InChI=1S/C12H15NO.C9H11N/c1-2-4-11-7-13(8-12-9-14-12)6-5-10(11)3-1;1-2-4-9-7-10-6-5-8(9)3-1/h1-4,12H,5-9H2;1-4,10H,5-7H2/t12-;/m1./s1. The molecule has 0 radical (unpaired) electrons. The molecule has 3 heterocycles. The van der Waals surface area contributed by atoms with Crippen LogP contribution in [0.1, 0.15) is 22.3 Å². The molecule has 1 saturated heterocycles. The van der Waals surface area contributed by atoms with Gasteiger partial charge in [-0.15, -0.1) is 0 Å². The van der Waals surface area contributed by atoms with Gasteiger partial charge in [-0.3, -0.25) is 4.90 Å². The van der Waals surface area contributed by atoms with E-state index in [1.807, 2.05) is 0 Å². The first-order valence-electron chi connectivity index (χ1n) is 9.07. The Hall–Kier alpha value is -1.68. The van der Waals surface area contributed by atoms with E-state index in [1.165, 1.54) is 41.6 Å². The average Bonchev–Trinajstić information content (AvgIpc) is 3.46. The summed E-state index contributed by atoms with van der Waals surface area (Å²) in [5.41, 5.74) is 6.01. The monoisotopic (exact) mass is 322 g/mol. The number of rotatable bonds is 2. The van der Waals surface area contributed by atoms with Gasteiger partial charge in [-0.25, -0.2) is 0 Å². The predicted octanol–water partition coefficient (Wildman–Crippen LogP) is 2.78. The number of epoxide rings is 1. The second-order valence-corrected chi connectivity index (χ2v) is 6.90. The highest BCUT2D eigenvalue weighted by atomic mass is 16.6. The zero-order chi connectivity index (χ0) is 16.2. The van der Waals surface area contributed by atoms with E-state index in [1.54, 1.807) is 0 Å². The smallest absolute Gasteiger partial charge is 0.0936 e. The van der Waals surface area contributed by atoms with Crippen LogP contribution in [0.15, 0.2) is 48.5 Å². The molecule has 1 N–H and O–H groups in total. The van der Waals surface area contributed by atoms with Gasteiger partial charge in [0.2, 0.25) is 0 Å². The summed E-state index contributed by atoms with van der Waals surface area (Å²) in [4.78, 5) is 2.50. The summed E-state index contributed by atoms with van der Waals surface area (Å²) in [6.45, 7) is 6.58. The van der Waals surface area contributed by atoms with Crippen LogP contribution in [0.2, 0.25) is 0 Å². The van der Waals surface area contributed by atoms with Crippen LogP contribution < -0.4 is 5.32 Å². The maximum Gasteiger partial charge on any atom is 0.0936 e.